The number of nitrogens with one attached hydrogen (secondary N) is 1. The normalized spacial score (nSPS) is 13.0. The van der Waals surface area contributed by atoms with Crippen LogP contribution >= 0.6 is 46.4 Å². The van der Waals surface area contributed by atoms with E-state index in [1.54, 1.807) is 18.2 Å². The van der Waals surface area contributed by atoms with Crippen molar-refractivity contribution in [3.8, 4) is 0 Å². The van der Waals surface area contributed by atoms with Crippen LogP contribution in [0.5, 0.6) is 0 Å². The molecule has 0 fully saturated rings. The van der Waals surface area contributed by atoms with E-state index in [1.807, 2.05) is 0 Å². The second kappa shape index (κ2) is 7.72. The molecule has 0 saturated heterocycles. The molecule has 0 aromatic heterocycles. The van der Waals surface area contributed by atoms with Gasteiger partial charge in [-0.05, 0) is 19.1 Å². The van der Waals surface area contributed by atoms with Crippen molar-refractivity contribution in [3.63, 3.8) is 0 Å². The standard InChI is InChI=1S/C18H10Cl4N2O4/c1-7(25)8-3-2-4-9(5-8)23-10(26)6-24-17(27)11-12(18(24)28)14(20)16(22)15(21)13(11)19/h2-5H,6H2,1H3,(H,23,26). The number of amides is 3. The third kappa shape index (κ3) is 3.49. The molecular formula is C18H10Cl4N2O4. The summed E-state index contributed by atoms with van der Waals surface area (Å²) < 4.78 is 0. The average Bonchev–Trinajstić information content (AvgIpc) is 2.89. The largest absolute Gasteiger partial charge is 0.325 e. The summed E-state index contributed by atoms with van der Waals surface area (Å²) >= 11 is 24.0. The lowest BCUT2D eigenvalue weighted by Gasteiger charge is -2.14. The number of anilines is 1. The number of ketones is 1. The lowest BCUT2D eigenvalue weighted by Crippen LogP contribution is -2.37. The summed E-state index contributed by atoms with van der Waals surface area (Å²) in [7, 11) is 0. The van der Waals surface area contributed by atoms with Gasteiger partial charge in [-0.25, -0.2) is 0 Å². The minimum atomic E-state index is -0.807. The molecule has 144 valence electrons. The summed E-state index contributed by atoms with van der Waals surface area (Å²) in [4.78, 5) is 49.7. The average molecular weight is 460 g/mol. The van der Waals surface area contributed by atoms with Crippen LogP contribution in [0, 0.1) is 0 Å². The molecule has 0 radical (unpaired) electrons. The number of carbonyl (C=O) groups is 4. The lowest BCUT2D eigenvalue weighted by atomic mass is 10.1. The molecule has 0 atom stereocenters. The van der Waals surface area contributed by atoms with E-state index in [-0.39, 0.29) is 37.0 Å². The molecule has 0 saturated carbocycles. The molecule has 2 aromatic carbocycles. The van der Waals surface area contributed by atoms with E-state index in [0.29, 0.717) is 16.2 Å². The Morgan fingerprint density at radius 1 is 0.929 bits per heavy atom. The summed E-state index contributed by atoms with van der Waals surface area (Å²) in [6.07, 6.45) is 0. The van der Waals surface area contributed by atoms with Gasteiger partial charge in [-0.3, -0.25) is 24.1 Å². The Kier molecular flexibility index (Phi) is 5.68. The Balaban J connectivity index is 1.85. The molecule has 1 aliphatic heterocycles. The van der Waals surface area contributed by atoms with E-state index in [1.165, 1.54) is 13.0 Å². The third-order valence-electron chi connectivity index (χ3n) is 4.04. The van der Waals surface area contributed by atoms with Crippen LogP contribution in [0.25, 0.3) is 0 Å². The summed E-state index contributed by atoms with van der Waals surface area (Å²) in [5, 5.41) is 1.81. The number of benzene rings is 2. The molecule has 0 spiro atoms. The number of fused-ring (bicyclic) bond motifs is 1. The predicted molar refractivity (Wildman–Crippen MR) is 107 cm³/mol. The van der Waals surface area contributed by atoms with Crippen molar-refractivity contribution in [2.24, 2.45) is 0 Å². The van der Waals surface area contributed by atoms with Crippen LogP contribution in [0.15, 0.2) is 24.3 Å². The maximum absolute atomic E-state index is 12.6. The first-order valence-electron chi connectivity index (χ1n) is 7.76. The molecule has 0 aliphatic carbocycles. The second-order valence-corrected chi connectivity index (χ2v) is 7.40. The molecule has 6 nitrogen and oxygen atoms in total. The zero-order valence-corrected chi connectivity index (χ0v) is 17.1. The quantitative estimate of drug-likeness (QED) is 0.310. The fraction of sp³-hybridized carbons (Fsp3) is 0.111. The zero-order chi connectivity index (χ0) is 20.7. The molecular weight excluding hydrogens is 450 g/mol. The molecule has 10 heteroatoms. The maximum Gasteiger partial charge on any atom is 0.263 e. The van der Waals surface area contributed by atoms with Crippen molar-refractivity contribution >= 4 is 75.6 Å². The smallest absolute Gasteiger partial charge is 0.263 e. The second-order valence-electron chi connectivity index (χ2n) is 5.89. The monoisotopic (exact) mass is 458 g/mol. The van der Waals surface area contributed by atoms with Crippen LogP contribution in [0.1, 0.15) is 38.0 Å². The summed E-state index contributed by atoms with van der Waals surface area (Å²) in [6.45, 7) is 0.808. The molecule has 1 heterocycles. The van der Waals surface area contributed by atoms with Gasteiger partial charge in [-0.2, -0.15) is 0 Å². The Labute approximate surface area is 179 Å². The lowest BCUT2D eigenvalue weighted by molar-refractivity contribution is -0.116. The highest BCUT2D eigenvalue weighted by Gasteiger charge is 2.42. The Bertz CT molecular complexity index is 1020. The van der Waals surface area contributed by atoms with Crippen molar-refractivity contribution < 1.29 is 19.2 Å². The van der Waals surface area contributed by atoms with E-state index in [2.05, 4.69) is 5.32 Å². The number of hydrogen-bond donors (Lipinski definition) is 1. The van der Waals surface area contributed by atoms with Crippen LogP contribution in [0.3, 0.4) is 0 Å². The van der Waals surface area contributed by atoms with Crippen LogP contribution < -0.4 is 5.32 Å². The van der Waals surface area contributed by atoms with Gasteiger partial charge in [0, 0.05) is 11.3 Å². The van der Waals surface area contributed by atoms with Crippen molar-refractivity contribution in [3.05, 3.63) is 61.0 Å². The number of carbonyl (C=O) groups excluding carboxylic acids is 4. The van der Waals surface area contributed by atoms with Crippen LogP contribution in [0.2, 0.25) is 20.1 Å². The first-order valence-corrected chi connectivity index (χ1v) is 9.27. The summed E-state index contributed by atoms with van der Waals surface area (Å²) in [5.74, 6) is -2.44. The van der Waals surface area contributed by atoms with Crippen molar-refractivity contribution in [1.29, 1.82) is 0 Å². The highest BCUT2D eigenvalue weighted by atomic mass is 35.5. The number of imide groups is 1. The molecule has 1 aliphatic rings. The van der Waals surface area contributed by atoms with E-state index in [0.717, 1.165) is 0 Å². The van der Waals surface area contributed by atoms with E-state index >= 15 is 0 Å². The fourth-order valence-electron chi connectivity index (χ4n) is 2.70. The highest BCUT2D eigenvalue weighted by Crippen LogP contribution is 2.44. The van der Waals surface area contributed by atoms with Gasteiger partial charge in [0.1, 0.15) is 6.54 Å². The van der Waals surface area contributed by atoms with Crippen LogP contribution in [-0.4, -0.2) is 34.9 Å². The molecule has 28 heavy (non-hydrogen) atoms. The maximum atomic E-state index is 12.6. The van der Waals surface area contributed by atoms with Gasteiger partial charge < -0.3 is 5.32 Å². The zero-order valence-electron chi connectivity index (χ0n) is 14.1. The highest BCUT2D eigenvalue weighted by molar-refractivity contribution is 6.55. The van der Waals surface area contributed by atoms with Gasteiger partial charge in [-0.1, -0.05) is 58.5 Å². The molecule has 3 rings (SSSR count). The number of hydrogen-bond acceptors (Lipinski definition) is 4. The third-order valence-corrected chi connectivity index (χ3v) is 5.84. The Morgan fingerprint density at radius 2 is 1.46 bits per heavy atom. The molecule has 1 N–H and O–H groups in total. The molecule has 0 unspecified atom stereocenters. The van der Waals surface area contributed by atoms with Crippen molar-refractivity contribution in [2.75, 3.05) is 11.9 Å². The fourth-order valence-corrected chi connectivity index (χ4v) is 3.71. The first kappa shape index (κ1) is 20.6. The first-order chi connectivity index (χ1) is 13.1. The van der Waals surface area contributed by atoms with Crippen molar-refractivity contribution in [1.82, 2.24) is 4.90 Å². The number of nitrogens with zero attached hydrogens (tertiary/aromatic N) is 1. The topological polar surface area (TPSA) is 83.6 Å². The van der Waals surface area contributed by atoms with Crippen LogP contribution in [0.4, 0.5) is 5.69 Å². The van der Waals surface area contributed by atoms with E-state index in [9.17, 15) is 19.2 Å². The minimum Gasteiger partial charge on any atom is -0.325 e. The number of rotatable bonds is 4. The van der Waals surface area contributed by atoms with Gasteiger partial charge in [-0.15, -0.1) is 0 Å². The Hall–Kier alpha value is -2.12. The molecule has 2 aromatic rings. The van der Waals surface area contributed by atoms with Crippen molar-refractivity contribution in [2.45, 2.75) is 6.92 Å². The number of Topliss-reactive ketones (excluding diaryl/α,β-unsaturated/α-hetero) is 1. The van der Waals surface area contributed by atoms with E-state index in [4.69, 9.17) is 46.4 Å². The Morgan fingerprint density at radius 3 is 1.96 bits per heavy atom. The SMILES string of the molecule is CC(=O)c1cccc(NC(=O)CN2C(=O)c3c(Cl)c(Cl)c(Cl)c(Cl)c3C2=O)c1. The summed E-state index contributed by atoms with van der Waals surface area (Å²) in [6, 6.07) is 6.24. The summed E-state index contributed by atoms with van der Waals surface area (Å²) in [5.41, 5.74) is 0.354. The van der Waals surface area contributed by atoms with Gasteiger partial charge in [0.2, 0.25) is 5.91 Å². The molecule has 0 bridgehead atoms. The van der Waals surface area contributed by atoms with Gasteiger partial charge >= 0.3 is 0 Å². The van der Waals surface area contributed by atoms with Gasteiger partial charge in [0.05, 0.1) is 31.2 Å². The van der Waals surface area contributed by atoms with E-state index < -0.39 is 24.3 Å². The van der Waals surface area contributed by atoms with Crippen LogP contribution in [-0.2, 0) is 4.79 Å². The minimum absolute atomic E-state index is 0.152. The molecule has 3 amide bonds. The van der Waals surface area contributed by atoms with Gasteiger partial charge in [0.25, 0.3) is 11.8 Å². The number of halogens is 4. The predicted octanol–water partition coefficient (Wildman–Crippen LogP) is 4.74. The van der Waals surface area contributed by atoms with Gasteiger partial charge in [0.15, 0.2) is 5.78 Å².